The molecule has 0 aromatic heterocycles. The second-order valence-corrected chi connectivity index (χ2v) is 3.89. The molecule has 13 heavy (non-hydrogen) atoms. The van der Waals surface area contributed by atoms with E-state index in [2.05, 4.69) is 40.7 Å². The largest absolute Gasteiger partial charge is 0.0911 e. The molecule has 0 spiro atoms. The third-order valence-electron chi connectivity index (χ3n) is 2.06. The molecule has 0 amide bonds. The molecule has 0 bridgehead atoms. The van der Waals surface area contributed by atoms with E-state index in [1.807, 2.05) is 24.3 Å². The van der Waals surface area contributed by atoms with Gasteiger partial charge in [0.1, 0.15) is 0 Å². The average Bonchev–Trinajstić information content (AvgIpc) is 2.53. The van der Waals surface area contributed by atoms with E-state index in [1.165, 1.54) is 11.1 Å². The number of halogens is 1. The van der Waals surface area contributed by atoms with Crippen LogP contribution in [0.4, 0.5) is 0 Å². The van der Waals surface area contributed by atoms with Crippen LogP contribution >= 0.6 is 15.9 Å². The molecule has 1 aliphatic rings. The summed E-state index contributed by atoms with van der Waals surface area (Å²) in [7, 11) is 0. The van der Waals surface area contributed by atoms with Crippen molar-refractivity contribution < 1.29 is 0 Å². The Balaban J connectivity index is 2.38. The van der Waals surface area contributed by atoms with Crippen LogP contribution in [0.1, 0.15) is 5.56 Å². The van der Waals surface area contributed by atoms with E-state index in [4.69, 9.17) is 0 Å². The van der Waals surface area contributed by atoms with Crippen LogP contribution < -0.4 is 0 Å². The van der Waals surface area contributed by atoms with Crippen LogP contribution in [0.3, 0.4) is 0 Å². The minimum atomic E-state index is 1.09. The average molecular weight is 233 g/mol. The van der Waals surface area contributed by atoms with Crippen LogP contribution in [0.5, 0.6) is 0 Å². The first kappa shape index (κ1) is 8.52. The summed E-state index contributed by atoms with van der Waals surface area (Å²) in [6.45, 7) is 3.97. The van der Waals surface area contributed by atoms with Gasteiger partial charge in [-0.05, 0) is 28.8 Å². The Bertz CT molecular complexity index is 394. The number of hydrogen-bond acceptors (Lipinski definition) is 0. The van der Waals surface area contributed by atoms with Crippen LogP contribution in [0.15, 0.2) is 59.1 Å². The van der Waals surface area contributed by atoms with Crippen molar-refractivity contribution in [2.45, 2.75) is 0 Å². The fraction of sp³-hybridized carbons (Fsp3) is 0. The number of hydrogen-bond donors (Lipinski definition) is 0. The van der Waals surface area contributed by atoms with Crippen molar-refractivity contribution in [1.82, 2.24) is 0 Å². The lowest BCUT2D eigenvalue weighted by atomic mass is 10.0. The van der Waals surface area contributed by atoms with Crippen LogP contribution in [-0.2, 0) is 0 Å². The van der Waals surface area contributed by atoms with Crippen molar-refractivity contribution in [2.75, 3.05) is 0 Å². The van der Waals surface area contributed by atoms with Gasteiger partial charge in [-0.1, -0.05) is 52.9 Å². The first-order valence-corrected chi connectivity index (χ1v) is 4.90. The van der Waals surface area contributed by atoms with E-state index >= 15 is 0 Å². The standard InChI is InChI=1S/C12H9Br/c1-9-3-2-4-12(9)10-5-7-11(13)8-6-10/h2-8H,1H2. The Morgan fingerprint density at radius 3 is 2.31 bits per heavy atom. The smallest absolute Gasteiger partial charge is 0.0175 e. The molecule has 1 aromatic rings. The maximum Gasteiger partial charge on any atom is 0.0175 e. The molecule has 0 fully saturated rings. The lowest BCUT2D eigenvalue weighted by Gasteiger charge is -2.03. The van der Waals surface area contributed by atoms with E-state index in [0.29, 0.717) is 0 Å². The zero-order valence-corrected chi connectivity index (χ0v) is 8.71. The predicted octanol–water partition coefficient (Wildman–Crippen LogP) is 3.96. The van der Waals surface area contributed by atoms with Crippen LogP contribution in [0.2, 0.25) is 0 Å². The highest BCUT2D eigenvalue weighted by molar-refractivity contribution is 9.10. The lowest BCUT2D eigenvalue weighted by molar-refractivity contribution is 1.57. The maximum absolute atomic E-state index is 3.97. The summed E-state index contributed by atoms with van der Waals surface area (Å²) in [5.74, 6) is 0. The molecular formula is C12H9Br. The summed E-state index contributed by atoms with van der Waals surface area (Å²) < 4.78 is 1.11. The van der Waals surface area contributed by atoms with E-state index in [0.717, 1.165) is 10.0 Å². The Hall–Kier alpha value is -1.08. The van der Waals surface area contributed by atoms with Gasteiger partial charge in [0.15, 0.2) is 0 Å². The van der Waals surface area contributed by atoms with Gasteiger partial charge in [-0.2, -0.15) is 0 Å². The summed E-state index contributed by atoms with van der Waals surface area (Å²) in [6, 6.07) is 8.27. The topological polar surface area (TPSA) is 0 Å². The zero-order chi connectivity index (χ0) is 9.26. The summed E-state index contributed by atoms with van der Waals surface area (Å²) in [5.41, 5.74) is 3.52. The molecule has 0 saturated heterocycles. The monoisotopic (exact) mass is 232 g/mol. The summed E-state index contributed by atoms with van der Waals surface area (Å²) in [4.78, 5) is 0. The molecule has 1 aromatic carbocycles. The Kier molecular flexibility index (Phi) is 2.19. The molecule has 0 N–H and O–H groups in total. The molecule has 1 aliphatic carbocycles. The lowest BCUT2D eigenvalue weighted by Crippen LogP contribution is -1.82. The fourth-order valence-corrected chi connectivity index (χ4v) is 1.63. The molecule has 0 aliphatic heterocycles. The second-order valence-electron chi connectivity index (χ2n) is 2.97. The van der Waals surface area contributed by atoms with Gasteiger partial charge >= 0.3 is 0 Å². The SMILES string of the molecule is C=C1C=CC=C1c1ccc(Br)cc1. The van der Waals surface area contributed by atoms with Gasteiger partial charge in [0.25, 0.3) is 0 Å². The number of benzene rings is 1. The molecular weight excluding hydrogens is 224 g/mol. The van der Waals surface area contributed by atoms with E-state index in [1.54, 1.807) is 0 Å². The molecule has 2 rings (SSSR count). The van der Waals surface area contributed by atoms with E-state index < -0.39 is 0 Å². The molecule has 0 unspecified atom stereocenters. The van der Waals surface area contributed by atoms with Gasteiger partial charge in [-0.25, -0.2) is 0 Å². The Labute approximate surface area is 86.4 Å². The van der Waals surface area contributed by atoms with Crippen molar-refractivity contribution in [3.8, 4) is 0 Å². The van der Waals surface area contributed by atoms with Gasteiger partial charge in [-0.3, -0.25) is 0 Å². The summed E-state index contributed by atoms with van der Waals surface area (Å²) >= 11 is 3.41. The van der Waals surface area contributed by atoms with Crippen molar-refractivity contribution >= 4 is 21.5 Å². The van der Waals surface area contributed by atoms with Crippen molar-refractivity contribution in [3.63, 3.8) is 0 Å². The molecule has 64 valence electrons. The van der Waals surface area contributed by atoms with Gasteiger partial charge < -0.3 is 0 Å². The highest BCUT2D eigenvalue weighted by Gasteiger charge is 2.05. The van der Waals surface area contributed by atoms with Gasteiger partial charge in [0.2, 0.25) is 0 Å². The van der Waals surface area contributed by atoms with Crippen molar-refractivity contribution in [2.24, 2.45) is 0 Å². The summed E-state index contributed by atoms with van der Waals surface area (Å²) in [5, 5.41) is 0. The van der Waals surface area contributed by atoms with E-state index in [-0.39, 0.29) is 0 Å². The molecule has 0 radical (unpaired) electrons. The van der Waals surface area contributed by atoms with Crippen molar-refractivity contribution in [3.05, 3.63) is 64.7 Å². The molecule has 0 nitrogen and oxygen atoms in total. The maximum atomic E-state index is 3.97. The van der Waals surface area contributed by atoms with Gasteiger partial charge in [0.05, 0.1) is 0 Å². The number of rotatable bonds is 1. The zero-order valence-electron chi connectivity index (χ0n) is 7.13. The molecule has 0 atom stereocenters. The normalized spacial score (nSPS) is 14.8. The molecule has 1 heteroatoms. The Morgan fingerprint density at radius 2 is 1.77 bits per heavy atom. The predicted molar refractivity (Wildman–Crippen MR) is 60.4 cm³/mol. The molecule has 0 saturated carbocycles. The number of allylic oxidation sites excluding steroid dienone is 5. The fourth-order valence-electron chi connectivity index (χ4n) is 1.37. The van der Waals surface area contributed by atoms with Crippen molar-refractivity contribution in [1.29, 1.82) is 0 Å². The van der Waals surface area contributed by atoms with E-state index in [9.17, 15) is 0 Å². The highest BCUT2D eigenvalue weighted by Crippen LogP contribution is 2.27. The van der Waals surface area contributed by atoms with Gasteiger partial charge in [0, 0.05) is 4.47 Å². The first-order valence-electron chi connectivity index (χ1n) is 4.11. The van der Waals surface area contributed by atoms with Crippen LogP contribution in [0, 0.1) is 0 Å². The Morgan fingerprint density at radius 1 is 1.08 bits per heavy atom. The highest BCUT2D eigenvalue weighted by atomic mass is 79.9. The van der Waals surface area contributed by atoms with Crippen LogP contribution in [-0.4, -0.2) is 0 Å². The third kappa shape index (κ3) is 1.65. The quantitative estimate of drug-likeness (QED) is 0.688. The van der Waals surface area contributed by atoms with Gasteiger partial charge in [-0.15, -0.1) is 0 Å². The third-order valence-corrected chi connectivity index (χ3v) is 2.59. The van der Waals surface area contributed by atoms with Crippen LogP contribution in [0.25, 0.3) is 5.57 Å². The second kappa shape index (κ2) is 3.35. The molecule has 0 heterocycles. The first-order chi connectivity index (χ1) is 6.27. The minimum absolute atomic E-state index is 1.09. The summed E-state index contributed by atoms with van der Waals surface area (Å²) in [6.07, 6.45) is 6.14. The minimum Gasteiger partial charge on any atom is -0.0911 e.